The van der Waals surface area contributed by atoms with E-state index in [1.807, 2.05) is 31.2 Å². The van der Waals surface area contributed by atoms with E-state index in [9.17, 15) is 0 Å². The largest absolute Gasteiger partial charge is 0.399 e. The van der Waals surface area contributed by atoms with Gasteiger partial charge in [-0.05, 0) is 24.6 Å². The van der Waals surface area contributed by atoms with Gasteiger partial charge in [0.1, 0.15) is 6.33 Å². The summed E-state index contributed by atoms with van der Waals surface area (Å²) in [6.45, 7) is 1.96. The van der Waals surface area contributed by atoms with Crippen LogP contribution in [0.3, 0.4) is 0 Å². The Morgan fingerprint density at radius 1 is 1.29 bits per heavy atom. The third-order valence-corrected chi connectivity index (χ3v) is 2.11. The molecule has 0 bridgehead atoms. The summed E-state index contributed by atoms with van der Waals surface area (Å²) in [5.74, 6) is 0. The zero-order valence-corrected chi connectivity index (χ0v) is 7.94. The lowest BCUT2D eigenvalue weighted by molar-refractivity contribution is 1.11. The lowest BCUT2D eigenvalue weighted by Gasteiger charge is -2.04. The number of rotatable bonds is 1. The zero-order valence-electron chi connectivity index (χ0n) is 7.94. The van der Waals surface area contributed by atoms with Gasteiger partial charge in [0, 0.05) is 23.1 Å². The molecule has 70 valence electrons. The smallest absolute Gasteiger partial charge is 0.115 e. The van der Waals surface area contributed by atoms with Gasteiger partial charge >= 0.3 is 0 Å². The second kappa shape index (κ2) is 3.46. The first-order valence-electron chi connectivity index (χ1n) is 4.40. The number of aromatic nitrogens is 2. The lowest BCUT2D eigenvalue weighted by Crippen LogP contribution is -1.90. The summed E-state index contributed by atoms with van der Waals surface area (Å²) in [6, 6.07) is 7.72. The van der Waals surface area contributed by atoms with Crippen molar-refractivity contribution < 1.29 is 0 Å². The molecule has 1 heterocycles. The van der Waals surface area contributed by atoms with Crippen molar-refractivity contribution in [2.45, 2.75) is 6.92 Å². The molecule has 14 heavy (non-hydrogen) atoms. The van der Waals surface area contributed by atoms with Crippen LogP contribution in [0.4, 0.5) is 5.69 Å². The van der Waals surface area contributed by atoms with Crippen molar-refractivity contribution in [1.29, 1.82) is 0 Å². The minimum Gasteiger partial charge on any atom is -0.399 e. The standard InChI is InChI=1S/C11H11N3/c1-8-11(6-13-7-14-8)9-3-2-4-10(12)5-9/h2-7H,12H2,1H3. The molecule has 0 spiro atoms. The first kappa shape index (κ1) is 8.69. The number of nitrogens with zero attached hydrogens (tertiary/aromatic N) is 2. The Kier molecular flexibility index (Phi) is 2.14. The minimum absolute atomic E-state index is 0.755. The topological polar surface area (TPSA) is 51.8 Å². The fraction of sp³-hybridized carbons (Fsp3) is 0.0909. The van der Waals surface area contributed by atoms with Gasteiger partial charge in [-0.1, -0.05) is 12.1 Å². The van der Waals surface area contributed by atoms with Gasteiger partial charge in [0.05, 0.1) is 0 Å². The van der Waals surface area contributed by atoms with E-state index in [1.165, 1.54) is 0 Å². The average molecular weight is 185 g/mol. The normalized spacial score (nSPS) is 10.1. The molecule has 3 nitrogen and oxygen atoms in total. The van der Waals surface area contributed by atoms with E-state index in [0.29, 0.717) is 0 Å². The molecule has 0 amide bonds. The van der Waals surface area contributed by atoms with Gasteiger partial charge in [-0.25, -0.2) is 9.97 Å². The quantitative estimate of drug-likeness (QED) is 0.691. The number of aryl methyl sites for hydroxylation is 1. The summed E-state index contributed by atoms with van der Waals surface area (Å²) in [6.07, 6.45) is 3.35. The highest BCUT2D eigenvalue weighted by Gasteiger charge is 2.01. The average Bonchev–Trinajstić information content (AvgIpc) is 2.18. The van der Waals surface area contributed by atoms with Crippen molar-refractivity contribution in [3.05, 3.63) is 42.5 Å². The molecular weight excluding hydrogens is 174 g/mol. The van der Waals surface area contributed by atoms with E-state index in [0.717, 1.165) is 22.5 Å². The number of hydrogen-bond donors (Lipinski definition) is 1. The van der Waals surface area contributed by atoms with Crippen LogP contribution in [-0.4, -0.2) is 9.97 Å². The van der Waals surface area contributed by atoms with E-state index in [4.69, 9.17) is 5.73 Å². The molecule has 0 fully saturated rings. The first-order chi connectivity index (χ1) is 6.77. The zero-order chi connectivity index (χ0) is 9.97. The van der Waals surface area contributed by atoms with Crippen molar-refractivity contribution >= 4 is 5.69 Å². The predicted octanol–water partition coefficient (Wildman–Crippen LogP) is 2.03. The second-order valence-corrected chi connectivity index (χ2v) is 3.15. The van der Waals surface area contributed by atoms with Crippen LogP contribution in [-0.2, 0) is 0 Å². The van der Waals surface area contributed by atoms with Gasteiger partial charge in [0.15, 0.2) is 0 Å². The molecule has 2 N–H and O–H groups in total. The van der Waals surface area contributed by atoms with E-state index in [2.05, 4.69) is 9.97 Å². The first-order valence-corrected chi connectivity index (χ1v) is 4.40. The van der Waals surface area contributed by atoms with E-state index >= 15 is 0 Å². The Balaban J connectivity index is 2.55. The summed E-state index contributed by atoms with van der Waals surface area (Å²) in [5, 5.41) is 0. The van der Waals surface area contributed by atoms with Crippen LogP contribution in [0, 0.1) is 6.92 Å². The Morgan fingerprint density at radius 3 is 2.86 bits per heavy atom. The molecule has 0 radical (unpaired) electrons. The Hall–Kier alpha value is -1.90. The molecule has 0 aliphatic rings. The van der Waals surface area contributed by atoms with Crippen LogP contribution >= 0.6 is 0 Å². The van der Waals surface area contributed by atoms with E-state index < -0.39 is 0 Å². The van der Waals surface area contributed by atoms with Crippen molar-refractivity contribution in [3.63, 3.8) is 0 Å². The Labute approximate surface area is 82.6 Å². The summed E-state index contributed by atoms with van der Waals surface area (Å²) in [4.78, 5) is 8.13. The molecule has 2 rings (SSSR count). The lowest BCUT2D eigenvalue weighted by atomic mass is 10.1. The van der Waals surface area contributed by atoms with Crippen molar-refractivity contribution in [1.82, 2.24) is 9.97 Å². The van der Waals surface area contributed by atoms with Crippen LogP contribution in [0.15, 0.2) is 36.8 Å². The summed E-state index contributed by atoms with van der Waals surface area (Å²) < 4.78 is 0. The number of anilines is 1. The third kappa shape index (κ3) is 1.57. The summed E-state index contributed by atoms with van der Waals surface area (Å²) in [7, 11) is 0. The van der Waals surface area contributed by atoms with Gasteiger partial charge in [0.25, 0.3) is 0 Å². The van der Waals surface area contributed by atoms with Crippen LogP contribution in [0.1, 0.15) is 5.69 Å². The molecule has 3 heteroatoms. The van der Waals surface area contributed by atoms with Crippen LogP contribution < -0.4 is 5.73 Å². The molecule has 2 aromatic rings. The number of hydrogen-bond acceptors (Lipinski definition) is 3. The molecule has 0 aliphatic heterocycles. The third-order valence-electron chi connectivity index (χ3n) is 2.11. The van der Waals surface area contributed by atoms with Gasteiger partial charge in [-0.2, -0.15) is 0 Å². The van der Waals surface area contributed by atoms with Crippen molar-refractivity contribution in [2.75, 3.05) is 5.73 Å². The minimum atomic E-state index is 0.755. The molecule has 1 aromatic heterocycles. The van der Waals surface area contributed by atoms with Crippen molar-refractivity contribution in [3.8, 4) is 11.1 Å². The van der Waals surface area contributed by atoms with Gasteiger partial charge in [-0.3, -0.25) is 0 Å². The highest BCUT2D eigenvalue weighted by molar-refractivity contribution is 5.68. The monoisotopic (exact) mass is 185 g/mol. The van der Waals surface area contributed by atoms with Crippen LogP contribution in [0.2, 0.25) is 0 Å². The highest BCUT2D eigenvalue weighted by Crippen LogP contribution is 2.22. The second-order valence-electron chi connectivity index (χ2n) is 3.15. The molecule has 0 aliphatic carbocycles. The fourth-order valence-electron chi connectivity index (χ4n) is 1.38. The maximum absolute atomic E-state index is 5.71. The fourth-order valence-corrected chi connectivity index (χ4v) is 1.38. The molecule has 0 unspecified atom stereocenters. The predicted molar refractivity (Wildman–Crippen MR) is 56.6 cm³/mol. The number of nitrogens with two attached hydrogens (primary N) is 1. The SMILES string of the molecule is Cc1ncncc1-c1cccc(N)c1. The molecular formula is C11H11N3. The van der Waals surface area contributed by atoms with E-state index in [-0.39, 0.29) is 0 Å². The Bertz CT molecular complexity index is 452. The Morgan fingerprint density at radius 2 is 2.14 bits per heavy atom. The van der Waals surface area contributed by atoms with Gasteiger partial charge in [0.2, 0.25) is 0 Å². The maximum atomic E-state index is 5.71. The van der Waals surface area contributed by atoms with Crippen LogP contribution in [0.25, 0.3) is 11.1 Å². The maximum Gasteiger partial charge on any atom is 0.115 e. The molecule has 1 aromatic carbocycles. The summed E-state index contributed by atoms with van der Waals surface area (Å²) >= 11 is 0. The van der Waals surface area contributed by atoms with E-state index in [1.54, 1.807) is 12.5 Å². The van der Waals surface area contributed by atoms with Gasteiger partial charge < -0.3 is 5.73 Å². The molecule has 0 saturated heterocycles. The highest BCUT2D eigenvalue weighted by atomic mass is 14.8. The molecule has 0 saturated carbocycles. The summed E-state index contributed by atoms with van der Waals surface area (Å²) in [5.41, 5.74) is 9.51. The number of nitrogen functional groups attached to an aromatic ring is 1. The van der Waals surface area contributed by atoms with Crippen LogP contribution in [0.5, 0.6) is 0 Å². The van der Waals surface area contributed by atoms with Gasteiger partial charge in [-0.15, -0.1) is 0 Å². The van der Waals surface area contributed by atoms with Crippen molar-refractivity contribution in [2.24, 2.45) is 0 Å². The number of benzene rings is 1. The molecule has 0 atom stereocenters.